The van der Waals surface area contributed by atoms with Gasteiger partial charge in [0.05, 0.1) is 18.0 Å². The SMILES string of the molecule is CCCOc1ccc(C#CC(C)(C)O)cc1N(C)C=O.Cc1ccc(Oc2ccnc(C(N)=O)c2)c(C)n1. The summed E-state index contributed by atoms with van der Waals surface area (Å²) in [6, 6.07) is 12.2. The summed E-state index contributed by atoms with van der Waals surface area (Å²) < 4.78 is 11.3. The fourth-order valence-electron chi connectivity index (χ4n) is 3.00. The molecular weight excluding hydrogens is 484 g/mol. The third kappa shape index (κ3) is 9.56. The summed E-state index contributed by atoms with van der Waals surface area (Å²) >= 11 is 0. The molecule has 3 rings (SSSR count). The first-order valence-corrected chi connectivity index (χ1v) is 12.0. The van der Waals surface area contributed by atoms with Gasteiger partial charge in [-0.05, 0) is 70.5 Å². The van der Waals surface area contributed by atoms with Gasteiger partial charge in [-0.25, -0.2) is 0 Å². The van der Waals surface area contributed by atoms with Crippen LogP contribution < -0.4 is 20.1 Å². The lowest BCUT2D eigenvalue weighted by molar-refractivity contribution is -0.107. The van der Waals surface area contributed by atoms with Crippen molar-refractivity contribution in [3.8, 4) is 29.1 Å². The van der Waals surface area contributed by atoms with Gasteiger partial charge >= 0.3 is 0 Å². The van der Waals surface area contributed by atoms with Crippen LogP contribution in [0.25, 0.3) is 0 Å². The van der Waals surface area contributed by atoms with E-state index in [9.17, 15) is 14.7 Å². The Balaban J connectivity index is 0.000000268. The fraction of sp³-hybridized carbons (Fsp3) is 0.310. The molecular formula is C29H34N4O5. The van der Waals surface area contributed by atoms with Crippen molar-refractivity contribution >= 4 is 18.0 Å². The molecule has 0 atom stereocenters. The van der Waals surface area contributed by atoms with E-state index in [0.717, 1.165) is 29.8 Å². The first kappa shape index (κ1) is 29.8. The van der Waals surface area contributed by atoms with Gasteiger partial charge in [-0.1, -0.05) is 18.8 Å². The van der Waals surface area contributed by atoms with Crippen molar-refractivity contribution in [2.24, 2.45) is 5.73 Å². The molecule has 0 bridgehead atoms. The lowest BCUT2D eigenvalue weighted by atomic mass is 10.1. The third-order valence-corrected chi connectivity index (χ3v) is 4.86. The maximum atomic E-state index is 11.0. The molecule has 9 heteroatoms. The second kappa shape index (κ2) is 13.8. The van der Waals surface area contributed by atoms with Gasteiger partial charge in [-0.15, -0.1) is 0 Å². The summed E-state index contributed by atoms with van der Waals surface area (Å²) in [6.45, 7) is 9.63. The molecule has 9 nitrogen and oxygen atoms in total. The second-order valence-electron chi connectivity index (χ2n) is 8.94. The van der Waals surface area contributed by atoms with Gasteiger partial charge in [-0.3, -0.25) is 19.6 Å². The number of pyridine rings is 2. The molecule has 0 saturated carbocycles. The molecule has 0 aliphatic carbocycles. The second-order valence-corrected chi connectivity index (χ2v) is 8.94. The number of primary amides is 1. The molecule has 2 amide bonds. The van der Waals surface area contributed by atoms with E-state index in [4.69, 9.17) is 15.2 Å². The molecule has 3 N–H and O–H groups in total. The third-order valence-electron chi connectivity index (χ3n) is 4.86. The Morgan fingerprint density at radius 3 is 2.47 bits per heavy atom. The van der Waals surface area contributed by atoms with Crippen LogP contribution in [0, 0.1) is 25.7 Å². The van der Waals surface area contributed by atoms with Crippen molar-refractivity contribution in [1.29, 1.82) is 0 Å². The minimum Gasteiger partial charge on any atom is -0.491 e. The van der Waals surface area contributed by atoms with E-state index in [1.54, 1.807) is 39.1 Å². The van der Waals surface area contributed by atoms with E-state index in [1.165, 1.54) is 17.2 Å². The fourth-order valence-corrected chi connectivity index (χ4v) is 3.00. The molecule has 2 heterocycles. The van der Waals surface area contributed by atoms with Crippen LogP contribution in [0.15, 0.2) is 48.7 Å². The van der Waals surface area contributed by atoms with Gasteiger partial charge in [0.15, 0.2) is 0 Å². The lowest BCUT2D eigenvalue weighted by Crippen LogP contribution is -2.16. The normalized spacial score (nSPS) is 10.3. The Morgan fingerprint density at radius 2 is 1.87 bits per heavy atom. The average Bonchev–Trinajstić information content (AvgIpc) is 2.87. The smallest absolute Gasteiger partial charge is 0.267 e. The number of hydrogen-bond acceptors (Lipinski definition) is 7. The molecule has 0 aliphatic heterocycles. The predicted molar refractivity (Wildman–Crippen MR) is 146 cm³/mol. The molecule has 0 unspecified atom stereocenters. The Labute approximate surface area is 223 Å². The zero-order valence-corrected chi connectivity index (χ0v) is 22.6. The summed E-state index contributed by atoms with van der Waals surface area (Å²) in [7, 11) is 1.66. The number of amides is 2. The Hall–Kier alpha value is -4.42. The maximum Gasteiger partial charge on any atom is 0.267 e. The maximum absolute atomic E-state index is 11.0. The minimum atomic E-state index is -1.05. The molecule has 0 spiro atoms. The molecule has 2 aromatic heterocycles. The van der Waals surface area contributed by atoms with Crippen LogP contribution in [0.3, 0.4) is 0 Å². The highest BCUT2D eigenvalue weighted by Gasteiger charge is 2.10. The van der Waals surface area contributed by atoms with Gasteiger partial charge in [0.25, 0.3) is 5.91 Å². The summed E-state index contributed by atoms with van der Waals surface area (Å²) in [6.07, 6.45) is 3.10. The van der Waals surface area contributed by atoms with E-state index in [2.05, 4.69) is 21.8 Å². The number of benzene rings is 1. The Morgan fingerprint density at radius 1 is 1.16 bits per heavy atom. The number of carbonyl (C=O) groups excluding carboxylic acids is 2. The van der Waals surface area contributed by atoms with Crippen molar-refractivity contribution in [1.82, 2.24) is 9.97 Å². The highest BCUT2D eigenvalue weighted by atomic mass is 16.5. The van der Waals surface area contributed by atoms with Gasteiger partial charge in [0, 0.05) is 30.6 Å². The largest absolute Gasteiger partial charge is 0.491 e. The van der Waals surface area contributed by atoms with E-state index in [0.29, 0.717) is 29.5 Å². The molecule has 0 saturated heterocycles. The van der Waals surface area contributed by atoms with Crippen molar-refractivity contribution in [3.63, 3.8) is 0 Å². The van der Waals surface area contributed by atoms with Crippen molar-refractivity contribution in [2.75, 3.05) is 18.6 Å². The monoisotopic (exact) mass is 518 g/mol. The van der Waals surface area contributed by atoms with Crippen LogP contribution in [0.5, 0.6) is 17.2 Å². The quantitative estimate of drug-likeness (QED) is 0.338. The van der Waals surface area contributed by atoms with Crippen LogP contribution in [0.1, 0.15) is 54.6 Å². The van der Waals surface area contributed by atoms with Crippen LogP contribution >= 0.6 is 0 Å². The number of aryl methyl sites for hydroxylation is 2. The predicted octanol–water partition coefficient (Wildman–Crippen LogP) is 4.18. The Bertz CT molecular complexity index is 1320. The van der Waals surface area contributed by atoms with E-state index in [1.807, 2.05) is 39.0 Å². The lowest BCUT2D eigenvalue weighted by Gasteiger charge is -2.16. The highest BCUT2D eigenvalue weighted by Crippen LogP contribution is 2.28. The Kier molecular flexibility index (Phi) is 10.8. The number of nitrogens with zero attached hydrogens (tertiary/aromatic N) is 3. The van der Waals surface area contributed by atoms with Crippen molar-refractivity contribution in [3.05, 3.63) is 71.3 Å². The number of hydrogen-bond donors (Lipinski definition) is 2. The number of nitrogens with two attached hydrogens (primary N) is 1. The first-order valence-electron chi connectivity index (χ1n) is 12.0. The molecule has 3 aromatic rings. The summed E-state index contributed by atoms with van der Waals surface area (Å²) in [4.78, 5) is 31.5. The molecule has 200 valence electrons. The van der Waals surface area contributed by atoms with Gasteiger partial charge in [0.2, 0.25) is 6.41 Å². The summed E-state index contributed by atoms with van der Waals surface area (Å²) in [5.41, 5.74) is 7.37. The topological polar surface area (TPSA) is 128 Å². The zero-order valence-electron chi connectivity index (χ0n) is 22.6. The molecule has 1 aromatic carbocycles. The van der Waals surface area contributed by atoms with Crippen LogP contribution in [-0.4, -0.2) is 46.6 Å². The number of carbonyl (C=O) groups is 2. The number of aromatic nitrogens is 2. The summed E-state index contributed by atoms with van der Waals surface area (Å²) in [5, 5.41) is 9.61. The van der Waals surface area contributed by atoms with Crippen LogP contribution in [0.4, 0.5) is 5.69 Å². The molecule has 38 heavy (non-hydrogen) atoms. The van der Waals surface area contributed by atoms with Gasteiger partial charge in [0.1, 0.15) is 28.5 Å². The minimum absolute atomic E-state index is 0.172. The van der Waals surface area contributed by atoms with E-state index < -0.39 is 11.5 Å². The van der Waals surface area contributed by atoms with Gasteiger partial charge in [-0.2, -0.15) is 0 Å². The van der Waals surface area contributed by atoms with Crippen molar-refractivity contribution < 1.29 is 24.2 Å². The first-order chi connectivity index (χ1) is 17.9. The zero-order chi connectivity index (χ0) is 28.3. The number of ether oxygens (including phenoxy) is 2. The highest BCUT2D eigenvalue weighted by molar-refractivity contribution is 5.91. The van der Waals surface area contributed by atoms with E-state index in [-0.39, 0.29) is 5.69 Å². The molecule has 0 fully saturated rings. The van der Waals surface area contributed by atoms with Crippen LogP contribution in [0.2, 0.25) is 0 Å². The number of aliphatic hydroxyl groups is 1. The molecule has 0 radical (unpaired) electrons. The van der Waals surface area contributed by atoms with E-state index >= 15 is 0 Å². The van der Waals surface area contributed by atoms with Crippen LogP contribution in [-0.2, 0) is 4.79 Å². The average molecular weight is 519 g/mol. The number of rotatable bonds is 8. The van der Waals surface area contributed by atoms with Gasteiger partial charge < -0.3 is 25.2 Å². The van der Waals surface area contributed by atoms with Crippen molar-refractivity contribution in [2.45, 2.75) is 46.6 Å². The summed E-state index contributed by atoms with van der Waals surface area (Å²) in [5.74, 6) is 6.84. The molecule has 0 aliphatic rings. The standard InChI is InChI=1S/C16H21NO3.C13H13N3O2/c1-5-10-20-15-7-6-13(8-9-16(2,3)19)11-14(15)17(4)12-18;1-8-3-4-12(9(2)16-8)18-10-5-6-15-11(7-10)13(14)17/h6-7,11-12,19H,5,10H2,1-4H3;3-7H,1-2H3,(H2,14,17). The number of anilines is 1.